The molecule has 2 saturated heterocycles. The van der Waals surface area contributed by atoms with Crippen LogP contribution < -0.4 is 25.2 Å². The first-order valence-electron chi connectivity index (χ1n) is 8.10. The van der Waals surface area contributed by atoms with Crippen LogP contribution in [0.2, 0.25) is 0 Å². The first kappa shape index (κ1) is 16.6. The highest BCUT2D eigenvalue weighted by Crippen LogP contribution is 2.27. The molecule has 2 aromatic carbocycles. The molecule has 9 heteroatoms. The van der Waals surface area contributed by atoms with E-state index in [9.17, 15) is 19.2 Å². The molecule has 4 rings (SSSR count). The lowest BCUT2D eigenvalue weighted by Crippen LogP contribution is -2.27. The summed E-state index contributed by atoms with van der Waals surface area (Å²) in [5.41, 5.74) is 1.18. The number of benzene rings is 2. The van der Waals surface area contributed by atoms with Gasteiger partial charge in [-0.15, -0.1) is 0 Å². The summed E-state index contributed by atoms with van der Waals surface area (Å²) in [4.78, 5) is 48.5. The summed E-state index contributed by atoms with van der Waals surface area (Å²) in [5, 5.41) is 4.43. The van der Waals surface area contributed by atoms with E-state index in [1.54, 1.807) is 48.5 Å². The standard InChI is InChI=1S/C18H14N4O5/c23-15-9-21(17(25)19-15)11-1-5-13(6-2-11)27-14-7-3-12(4-8-14)22-10-16(24)20-18(22)26/h1-8H,9-10H2,(H,19,23,25)(H,20,24,26). The van der Waals surface area contributed by atoms with Crippen molar-refractivity contribution in [3.05, 3.63) is 48.5 Å². The van der Waals surface area contributed by atoms with Crippen molar-refractivity contribution in [2.24, 2.45) is 0 Å². The molecule has 2 aliphatic rings. The SMILES string of the molecule is O=C1CN(c2ccc(Oc3ccc(N4CC(=O)NC4=O)cc3)cc2)C(=O)N1. The number of urea groups is 2. The van der Waals surface area contributed by atoms with Crippen LogP contribution in [0, 0.1) is 0 Å². The Morgan fingerprint density at radius 2 is 1.00 bits per heavy atom. The molecule has 6 amide bonds. The number of ether oxygens (including phenoxy) is 1. The molecule has 27 heavy (non-hydrogen) atoms. The summed E-state index contributed by atoms with van der Waals surface area (Å²) in [6, 6.07) is 12.6. The van der Waals surface area contributed by atoms with E-state index >= 15 is 0 Å². The minimum atomic E-state index is -0.450. The molecule has 0 aliphatic carbocycles. The summed E-state index contributed by atoms with van der Waals surface area (Å²) in [6.07, 6.45) is 0. The third-order valence-corrected chi connectivity index (χ3v) is 4.12. The lowest BCUT2D eigenvalue weighted by molar-refractivity contribution is -0.118. The number of rotatable bonds is 4. The Labute approximate surface area is 153 Å². The summed E-state index contributed by atoms with van der Waals surface area (Å²) < 4.78 is 5.74. The number of nitrogens with zero attached hydrogens (tertiary/aromatic N) is 2. The number of hydrogen-bond acceptors (Lipinski definition) is 5. The molecule has 0 saturated carbocycles. The van der Waals surface area contributed by atoms with Gasteiger partial charge in [-0.1, -0.05) is 0 Å². The number of nitrogens with one attached hydrogen (secondary N) is 2. The largest absolute Gasteiger partial charge is 0.457 e. The average Bonchev–Trinajstić information content (AvgIpc) is 3.16. The minimum absolute atomic E-state index is 0.00687. The van der Waals surface area contributed by atoms with Crippen molar-refractivity contribution in [3.63, 3.8) is 0 Å². The number of imide groups is 2. The normalized spacial score (nSPS) is 16.6. The van der Waals surface area contributed by atoms with Crippen LogP contribution in [0.4, 0.5) is 21.0 Å². The summed E-state index contributed by atoms with van der Waals surface area (Å²) in [7, 11) is 0. The molecule has 2 N–H and O–H groups in total. The van der Waals surface area contributed by atoms with Crippen molar-refractivity contribution >= 4 is 35.3 Å². The highest BCUT2D eigenvalue weighted by molar-refractivity contribution is 6.12. The fourth-order valence-electron chi connectivity index (χ4n) is 2.82. The van der Waals surface area contributed by atoms with E-state index in [0.717, 1.165) is 0 Å². The van der Waals surface area contributed by atoms with Crippen molar-refractivity contribution in [2.75, 3.05) is 22.9 Å². The van der Waals surface area contributed by atoms with Gasteiger partial charge < -0.3 is 4.74 Å². The van der Waals surface area contributed by atoms with Crippen LogP contribution in [0.1, 0.15) is 0 Å². The molecule has 0 atom stereocenters. The van der Waals surface area contributed by atoms with Gasteiger partial charge in [0.25, 0.3) is 0 Å². The second-order valence-electron chi connectivity index (χ2n) is 5.97. The predicted octanol–water partition coefficient (Wildman–Crippen LogP) is 1.59. The molecule has 0 unspecified atom stereocenters. The Balaban J connectivity index is 1.43. The highest BCUT2D eigenvalue weighted by Gasteiger charge is 2.28. The minimum Gasteiger partial charge on any atom is -0.457 e. The predicted molar refractivity (Wildman–Crippen MR) is 94.7 cm³/mol. The Morgan fingerprint density at radius 3 is 1.30 bits per heavy atom. The highest BCUT2D eigenvalue weighted by atomic mass is 16.5. The van der Waals surface area contributed by atoms with Gasteiger partial charge in [0.2, 0.25) is 11.8 Å². The summed E-state index contributed by atoms with van der Waals surface area (Å²) in [5.74, 6) is 0.417. The monoisotopic (exact) mass is 366 g/mol. The molecular weight excluding hydrogens is 352 g/mol. The molecule has 2 aliphatic heterocycles. The van der Waals surface area contributed by atoms with Gasteiger partial charge >= 0.3 is 12.1 Å². The molecule has 0 bridgehead atoms. The van der Waals surface area contributed by atoms with E-state index in [1.165, 1.54) is 9.80 Å². The molecule has 0 aromatic heterocycles. The Bertz CT molecular complexity index is 862. The van der Waals surface area contributed by atoms with Crippen LogP contribution in [0.25, 0.3) is 0 Å². The second-order valence-corrected chi connectivity index (χ2v) is 5.97. The molecule has 9 nitrogen and oxygen atoms in total. The molecule has 136 valence electrons. The van der Waals surface area contributed by atoms with Crippen LogP contribution in [0.3, 0.4) is 0 Å². The van der Waals surface area contributed by atoms with Crippen LogP contribution in [-0.4, -0.2) is 37.0 Å². The van der Waals surface area contributed by atoms with Gasteiger partial charge in [0, 0.05) is 11.4 Å². The van der Waals surface area contributed by atoms with Gasteiger partial charge in [-0.05, 0) is 48.5 Å². The Morgan fingerprint density at radius 1 is 0.630 bits per heavy atom. The van der Waals surface area contributed by atoms with Crippen LogP contribution >= 0.6 is 0 Å². The van der Waals surface area contributed by atoms with Gasteiger partial charge in [0.15, 0.2) is 0 Å². The zero-order valence-corrected chi connectivity index (χ0v) is 14.0. The lowest BCUT2D eigenvalue weighted by atomic mass is 10.2. The van der Waals surface area contributed by atoms with Crippen LogP contribution in [0.15, 0.2) is 48.5 Å². The van der Waals surface area contributed by atoms with E-state index in [0.29, 0.717) is 22.9 Å². The number of carbonyl (C=O) groups is 4. The third-order valence-electron chi connectivity index (χ3n) is 4.12. The molecule has 2 fully saturated rings. The molecule has 2 aromatic rings. The van der Waals surface area contributed by atoms with Crippen LogP contribution in [0.5, 0.6) is 11.5 Å². The van der Waals surface area contributed by atoms with E-state index in [1.807, 2.05) is 0 Å². The van der Waals surface area contributed by atoms with Crippen molar-refractivity contribution in [2.45, 2.75) is 0 Å². The van der Waals surface area contributed by atoms with Crippen LogP contribution in [-0.2, 0) is 9.59 Å². The maximum atomic E-state index is 11.7. The number of hydrogen-bond donors (Lipinski definition) is 2. The third kappa shape index (κ3) is 3.30. The lowest BCUT2D eigenvalue weighted by Gasteiger charge is -2.15. The number of amides is 6. The number of anilines is 2. The van der Waals surface area contributed by atoms with E-state index in [4.69, 9.17) is 4.74 Å². The zero-order valence-electron chi connectivity index (χ0n) is 14.0. The Hall–Kier alpha value is -3.88. The Kier molecular flexibility index (Phi) is 3.96. The van der Waals surface area contributed by atoms with Crippen molar-refractivity contribution in [1.29, 1.82) is 0 Å². The first-order valence-corrected chi connectivity index (χ1v) is 8.10. The molecule has 0 radical (unpaired) electrons. The summed E-state index contributed by atoms with van der Waals surface area (Å²) in [6.45, 7) is -0.0137. The summed E-state index contributed by atoms with van der Waals surface area (Å²) >= 11 is 0. The van der Waals surface area contributed by atoms with Gasteiger partial charge in [-0.25, -0.2) is 9.59 Å². The van der Waals surface area contributed by atoms with E-state index < -0.39 is 12.1 Å². The molecule has 2 heterocycles. The smallest absolute Gasteiger partial charge is 0.329 e. The van der Waals surface area contributed by atoms with E-state index in [2.05, 4.69) is 10.6 Å². The van der Waals surface area contributed by atoms with Gasteiger partial charge in [-0.3, -0.25) is 30.0 Å². The maximum absolute atomic E-state index is 11.7. The van der Waals surface area contributed by atoms with Gasteiger partial charge in [-0.2, -0.15) is 0 Å². The van der Waals surface area contributed by atoms with Crippen molar-refractivity contribution in [3.8, 4) is 11.5 Å². The quantitative estimate of drug-likeness (QED) is 0.799. The fraction of sp³-hybridized carbons (Fsp3) is 0.111. The van der Waals surface area contributed by atoms with Crippen molar-refractivity contribution < 1.29 is 23.9 Å². The van der Waals surface area contributed by atoms with Gasteiger partial charge in [0.05, 0.1) is 0 Å². The fourth-order valence-corrected chi connectivity index (χ4v) is 2.82. The van der Waals surface area contributed by atoms with Crippen molar-refractivity contribution in [1.82, 2.24) is 10.6 Å². The second kappa shape index (κ2) is 6.45. The number of carbonyl (C=O) groups excluding carboxylic acids is 4. The molecular formula is C18H14N4O5. The molecule has 0 spiro atoms. The average molecular weight is 366 g/mol. The van der Waals surface area contributed by atoms with Gasteiger partial charge in [0.1, 0.15) is 24.6 Å². The zero-order chi connectivity index (χ0) is 19.0. The maximum Gasteiger partial charge on any atom is 0.329 e. The first-order chi connectivity index (χ1) is 13.0. The van der Waals surface area contributed by atoms with E-state index in [-0.39, 0.29) is 24.9 Å². The topological polar surface area (TPSA) is 108 Å².